The highest BCUT2D eigenvalue weighted by Gasteiger charge is 2.41. The Hall–Kier alpha value is -8.57. The molecule has 25 N–H and O–H groups in total. The van der Waals surface area contributed by atoms with Crippen LogP contribution in [0, 0.1) is 28.6 Å². The van der Waals surface area contributed by atoms with Crippen molar-refractivity contribution in [3.63, 3.8) is 0 Å². The molecule has 1 aromatic rings. The third-order valence-electron chi connectivity index (χ3n) is 15.4. The minimum Gasteiger partial charge on any atom is -0.508 e. The predicted octanol–water partition coefficient (Wildman–Crippen LogP) is -4.24. The first-order chi connectivity index (χ1) is 45.2. The van der Waals surface area contributed by atoms with Crippen LogP contribution in [0.1, 0.15) is 131 Å². The predicted molar refractivity (Wildman–Crippen MR) is 356 cm³/mol. The molecular weight excluding hydrogens is 1270 g/mol. The Balaban J connectivity index is 2.45. The van der Waals surface area contributed by atoms with Gasteiger partial charge in [0.15, 0.2) is 11.9 Å². The molecule has 0 bridgehead atoms. The summed E-state index contributed by atoms with van der Waals surface area (Å²) in [6.07, 6.45) is 0.247. The van der Waals surface area contributed by atoms with Crippen molar-refractivity contribution < 1.29 is 78.0 Å². The van der Waals surface area contributed by atoms with E-state index < -0.39 is 156 Å². The Morgan fingerprint density at radius 2 is 1.04 bits per heavy atom. The van der Waals surface area contributed by atoms with Crippen LogP contribution in [0.15, 0.2) is 24.3 Å². The number of nitrogens with zero attached hydrogens (tertiary/aromatic N) is 1. The molecule has 1 heterocycles. The molecule has 11 amide bonds. The van der Waals surface area contributed by atoms with E-state index in [4.69, 9.17) is 33.8 Å². The number of nitrogens with one attached hydrogen (secondary N) is 13. The molecule has 0 radical (unpaired) electrons. The number of likely N-dealkylation sites (tertiary alicyclic amines) is 1. The van der Waals surface area contributed by atoms with Gasteiger partial charge in [0.25, 0.3) is 0 Å². The number of aromatic hydroxyl groups is 1. The number of hydrogen-bond acceptors (Lipinski definition) is 19. The van der Waals surface area contributed by atoms with Gasteiger partial charge in [-0.1, -0.05) is 46.8 Å². The van der Waals surface area contributed by atoms with E-state index in [1.165, 1.54) is 36.0 Å². The van der Waals surface area contributed by atoms with E-state index in [1.807, 2.05) is 13.8 Å². The van der Waals surface area contributed by atoms with E-state index in [2.05, 4.69) is 58.5 Å². The maximum Gasteiger partial charge on any atom is 0.305 e. The summed E-state index contributed by atoms with van der Waals surface area (Å²) < 4.78 is 0. The second-order valence-electron chi connectivity index (χ2n) is 24.7. The van der Waals surface area contributed by atoms with Crippen LogP contribution in [-0.4, -0.2) is 220 Å². The second-order valence-corrected chi connectivity index (χ2v) is 25.6. The van der Waals surface area contributed by atoms with Crippen LogP contribution in [0.3, 0.4) is 0 Å². The molecule has 1 aromatic carbocycles. The van der Waals surface area contributed by atoms with Crippen LogP contribution in [0.5, 0.6) is 5.75 Å². The number of aliphatic carboxylic acids is 1. The number of carboxylic acids is 1. The fraction of sp³-hybridized carbons (Fsp3) is 0.672. The number of carbonyl (C=O) groups is 12. The number of guanidine groups is 2. The van der Waals surface area contributed by atoms with Gasteiger partial charge < -0.3 is 107 Å². The maximum absolute atomic E-state index is 14.5. The second kappa shape index (κ2) is 43.5. The van der Waals surface area contributed by atoms with Gasteiger partial charge in [-0.25, -0.2) is 0 Å². The highest BCUT2D eigenvalue weighted by molar-refractivity contribution is 7.98. The van der Waals surface area contributed by atoms with Gasteiger partial charge in [0, 0.05) is 32.0 Å². The Bertz CT molecular complexity index is 2780. The number of rotatable bonds is 45. The molecule has 1 aliphatic heterocycles. The molecule has 540 valence electrons. The quantitative estimate of drug-likeness (QED) is 0.0167. The van der Waals surface area contributed by atoms with E-state index >= 15 is 0 Å². The third kappa shape index (κ3) is 30.9. The molecule has 0 spiro atoms. The molecule has 1 saturated heterocycles. The topological polar surface area (TPSA) is 573 Å². The zero-order valence-electron chi connectivity index (χ0n) is 55.9. The van der Waals surface area contributed by atoms with Gasteiger partial charge in [0.2, 0.25) is 65.0 Å². The van der Waals surface area contributed by atoms with Crippen molar-refractivity contribution in [2.75, 3.05) is 44.8 Å². The standard InChI is InChI=1S/C61H104N18O16S/c1-32(2)27-34(5)50(86)70-39(14-10-23-68-60(64)65)53(89)77-45(31-80)59(95)79-25-12-16-46(79)57(93)73-41(21-26-96-7)54(90)78-48(35(6)81)58(94)76-44(30-47(83)84)56(92)71-38(13-8-9-22-62)52(88)75-43(29-36-17-19-37(82)20-18-36)55(91)72-40(15-11-24-69-61(66)67)51(87)74-42(49(63)85)28-33(3)4/h17-20,32-35,38-46,48,80-82H,8-16,21-31,62H2,1-7H3,(H2,63,85)(H,70,86)(H,71,92)(H,72,91)(H,73,93)(H,74,87)(H,75,88)(H,76,94)(H,77,89)(H,78,90)(H,83,84)(H4,64,65,68)(H4,66,67,69)/t34-,35+,38-,39-,40-,41-,42-,43-,44-,45-,46-,48-/m0/s1. The molecule has 0 unspecified atom stereocenters. The van der Waals surface area contributed by atoms with E-state index in [9.17, 15) is 78.0 Å². The van der Waals surface area contributed by atoms with Crippen LogP contribution in [0.4, 0.5) is 0 Å². The molecule has 2 rings (SSSR count). The maximum atomic E-state index is 14.5. The van der Waals surface area contributed by atoms with Crippen molar-refractivity contribution >= 4 is 94.6 Å². The first-order valence-electron chi connectivity index (χ1n) is 32.2. The van der Waals surface area contributed by atoms with Gasteiger partial charge in [0.05, 0.1) is 19.1 Å². The van der Waals surface area contributed by atoms with Gasteiger partial charge in [-0.15, -0.1) is 0 Å². The summed E-state index contributed by atoms with van der Waals surface area (Å²) in [6, 6.07) is -9.43. The van der Waals surface area contributed by atoms with Crippen molar-refractivity contribution in [3.05, 3.63) is 29.8 Å². The number of carbonyl (C=O) groups excluding carboxylic acids is 11. The fourth-order valence-corrected chi connectivity index (χ4v) is 10.9. The lowest BCUT2D eigenvalue weighted by Gasteiger charge is -2.31. The lowest BCUT2D eigenvalue weighted by Crippen LogP contribution is -2.62. The number of amides is 11. The average molecular weight is 1380 g/mol. The van der Waals surface area contributed by atoms with Crippen LogP contribution in [-0.2, 0) is 64.0 Å². The minimum absolute atomic E-state index is 0.00577. The van der Waals surface area contributed by atoms with Crippen LogP contribution < -0.4 is 81.4 Å². The number of unbranched alkanes of at least 4 members (excludes halogenated alkanes) is 1. The molecule has 34 nitrogen and oxygen atoms in total. The highest BCUT2D eigenvalue weighted by atomic mass is 32.2. The zero-order chi connectivity index (χ0) is 72.4. The summed E-state index contributed by atoms with van der Waals surface area (Å²) >= 11 is 1.28. The number of carboxylic acid groups (broad SMARTS) is 1. The Morgan fingerprint density at radius 1 is 0.583 bits per heavy atom. The van der Waals surface area contributed by atoms with E-state index in [1.54, 1.807) is 27.0 Å². The van der Waals surface area contributed by atoms with Gasteiger partial charge in [-0.2, -0.15) is 11.8 Å². The number of benzene rings is 1. The monoisotopic (exact) mass is 1380 g/mol. The SMILES string of the molecule is CSCC[C@H](NC(=O)[C@@H]1CCCN1C(=O)[C@H](CO)NC(=O)[C@H](CCCNC(=N)N)NC(=O)[C@@H](C)CC(C)C)C(=O)N[C@H](C(=O)N[C@@H](CC(=O)O)C(=O)N[C@@H](CCCCN)C(=O)N[C@@H](Cc1ccc(O)cc1)C(=O)N[C@@H](CCCNC(=N)N)C(=O)N[C@@H](CC(C)C)C(N)=O)[C@@H](C)O. The number of primary amides is 1. The molecule has 0 aromatic heterocycles. The molecule has 0 aliphatic carbocycles. The lowest BCUT2D eigenvalue weighted by atomic mass is 9.97. The van der Waals surface area contributed by atoms with Crippen LogP contribution in [0.25, 0.3) is 0 Å². The summed E-state index contributed by atoms with van der Waals surface area (Å²) in [7, 11) is 0. The van der Waals surface area contributed by atoms with Gasteiger partial charge in [-0.3, -0.25) is 68.4 Å². The Kier molecular flexibility index (Phi) is 37.8. The molecule has 35 heteroatoms. The number of aliphatic hydroxyl groups is 2. The van der Waals surface area contributed by atoms with E-state index in [-0.39, 0.29) is 132 Å². The van der Waals surface area contributed by atoms with E-state index in [0.29, 0.717) is 18.4 Å². The van der Waals surface area contributed by atoms with Crippen molar-refractivity contribution in [1.82, 2.24) is 63.4 Å². The van der Waals surface area contributed by atoms with Gasteiger partial charge in [-0.05, 0) is 132 Å². The van der Waals surface area contributed by atoms with Gasteiger partial charge >= 0.3 is 5.97 Å². The van der Waals surface area contributed by atoms with Crippen molar-refractivity contribution in [2.45, 2.75) is 198 Å². The molecule has 0 saturated carbocycles. The summed E-state index contributed by atoms with van der Waals surface area (Å²) in [4.78, 5) is 166. The summed E-state index contributed by atoms with van der Waals surface area (Å²) in [5.41, 5.74) is 22.6. The van der Waals surface area contributed by atoms with Crippen LogP contribution in [0.2, 0.25) is 0 Å². The van der Waals surface area contributed by atoms with E-state index in [0.717, 1.165) is 11.8 Å². The number of phenolic OH excluding ortho intramolecular Hbond substituents is 1. The lowest BCUT2D eigenvalue weighted by molar-refractivity contribution is -0.143. The molecule has 96 heavy (non-hydrogen) atoms. The molecule has 1 aliphatic rings. The Labute approximate surface area is 563 Å². The number of thioether (sulfide) groups is 1. The first-order valence-corrected chi connectivity index (χ1v) is 33.6. The van der Waals surface area contributed by atoms with Crippen molar-refractivity contribution in [1.29, 1.82) is 10.8 Å². The number of phenols is 1. The zero-order valence-corrected chi connectivity index (χ0v) is 56.7. The summed E-state index contributed by atoms with van der Waals surface area (Å²) in [5.74, 6) is -12.6. The summed E-state index contributed by atoms with van der Waals surface area (Å²) in [5, 5.41) is 84.3. The molecular formula is C61H104N18O16S. The minimum atomic E-state index is -2.01. The summed E-state index contributed by atoms with van der Waals surface area (Å²) in [6.45, 7) is 9.77. The van der Waals surface area contributed by atoms with Gasteiger partial charge in [0.1, 0.15) is 66.2 Å². The largest absolute Gasteiger partial charge is 0.508 e. The Morgan fingerprint density at radius 3 is 1.52 bits per heavy atom. The normalized spacial score (nSPS) is 16.2. The number of hydrogen-bond donors (Lipinski definition) is 21. The third-order valence-corrected chi connectivity index (χ3v) is 16.1. The highest BCUT2D eigenvalue weighted by Crippen LogP contribution is 2.21. The smallest absolute Gasteiger partial charge is 0.305 e. The molecule has 12 atom stereocenters. The van der Waals surface area contributed by atoms with Crippen molar-refractivity contribution in [2.24, 2.45) is 40.7 Å². The van der Waals surface area contributed by atoms with Crippen molar-refractivity contribution in [3.8, 4) is 5.75 Å². The average Bonchev–Trinajstić information content (AvgIpc) is 1.47. The molecule has 1 fully saturated rings. The first kappa shape index (κ1) is 83.5. The number of aliphatic hydroxyl groups excluding tert-OH is 2. The number of nitrogens with two attached hydrogens (primary N) is 4. The van der Waals surface area contributed by atoms with Crippen LogP contribution >= 0.6 is 11.8 Å². The fourth-order valence-electron chi connectivity index (χ4n) is 10.4.